The number of nitrogen functional groups attached to an aromatic ring is 1. The Hall–Kier alpha value is -2.83. The molecule has 1 amide bonds. The van der Waals surface area contributed by atoms with Crippen molar-refractivity contribution >= 4 is 28.2 Å². The first-order valence-electron chi connectivity index (χ1n) is 5.67. The molecule has 0 fully saturated rings. The Kier molecular flexibility index (Phi) is 2.45. The number of benzene rings is 1. The van der Waals surface area contributed by atoms with Crippen molar-refractivity contribution in [2.24, 2.45) is 7.05 Å². The summed E-state index contributed by atoms with van der Waals surface area (Å²) in [5.74, 6) is -0.323. The third kappa shape index (κ3) is 1.90. The Balaban J connectivity index is 1.91. The van der Waals surface area contributed by atoms with Crippen LogP contribution in [-0.2, 0) is 7.05 Å². The molecule has 0 saturated heterocycles. The van der Waals surface area contributed by atoms with Gasteiger partial charge in [0.25, 0.3) is 5.91 Å². The molecule has 2 heterocycles. The molecule has 19 heavy (non-hydrogen) atoms. The number of nitrogens with zero attached hydrogens (tertiary/aromatic N) is 3. The van der Waals surface area contributed by atoms with Crippen LogP contribution in [0.2, 0.25) is 0 Å². The zero-order valence-electron chi connectivity index (χ0n) is 10.2. The van der Waals surface area contributed by atoms with E-state index in [9.17, 15) is 4.79 Å². The van der Waals surface area contributed by atoms with Crippen LogP contribution in [0.25, 0.3) is 10.9 Å². The van der Waals surface area contributed by atoms with Crippen molar-refractivity contribution in [3.8, 4) is 0 Å². The highest BCUT2D eigenvalue weighted by molar-refractivity contribution is 6.06. The van der Waals surface area contributed by atoms with Gasteiger partial charge in [-0.1, -0.05) is 0 Å². The predicted molar refractivity (Wildman–Crippen MR) is 71.7 cm³/mol. The van der Waals surface area contributed by atoms with Gasteiger partial charge in [-0.2, -0.15) is 10.2 Å². The summed E-state index contributed by atoms with van der Waals surface area (Å²) in [5, 5.41) is 14.2. The van der Waals surface area contributed by atoms with E-state index in [0.29, 0.717) is 11.4 Å². The number of rotatable bonds is 2. The quantitative estimate of drug-likeness (QED) is 0.639. The molecule has 0 bridgehead atoms. The summed E-state index contributed by atoms with van der Waals surface area (Å²) in [6, 6.07) is 5.57. The third-order valence-corrected chi connectivity index (χ3v) is 2.90. The van der Waals surface area contributed by atoms with Crippen LogP contribution >= 0.6 is 0 Å². The van der Waals surface area contributed by atoms with Gasteiger partial charge in [0, 0.05) is 18.1 Å². The lowest BCUT2D eigenvalue weighted by molar-refractivity contribution is 0.102. The number of hydrogen-bond acceptors (Lipinski definition) is 4. The Morgan fingerprint density at radius 3 is 3.00 bits per heavy atom. The van der Waals surface area contributed by atoms with E-state index in [2.05, 4.69) is 20.6 Å². The average Bonchev–Trinajstić information content (AvgIpc) is 2.97. The fraction of sp³-hybridized carbons (Fsp3) is 0.0833. The molecule has 0 aliphatic heterocycles. The molecule has 2 aromatic heterocycles. The van der Waals surface area contributed by atoms with Gasteiger partial charge in [-0.05, 0) is 18.2 Å². The van der Waals surface area contributed by atoms with Gasteiger partial charge in [-0.3, -0.25) is 14.6 Å². The standard InChI is InChI=1S/C12H12N6O/c1-18-10-4-8(3-2-7(10)5-15-18)16-12(19)11-9(13)6-14-17-11/h2-6H,13H2,1H3,(H,14,17)(H,16,19). The molecular weight excluding hydrogens is 244 g/mol. The number of H-pyrrole nitrogens is 1. The first-order valence-corrected chi connectivity index (χ1v) is 5.67. The van der Waals surface area contributed by atoms with Gasteiger partial charge in [0.2, 0.25) is 0 Å². The van der Waals surface area contributed by atoms with Gasteiger partial charge in [-0.25, -0.2) is 0 Å². The third-order valence-electron chi connectivity index (χ3n) is 2.90. The van der Waals surface area contributed by atoms with Crippen LogP contribution < -0.4 is 11.1 Å². The molecule has 7 heteroatoms. The number of aryl methyl sites for hydroxylation is 1. The maximum Gasteiger partial charge on any atom is 0.275 e. The summed E-state index contributed by atoms with van der Waals surface area (Å²) in [5.41, 5.74) is 7.81. The van der Waals surface area contributed by atoms with E-state index in [0.717, 1.165) is 10.9 Å². The number of aromatic amines is 1. The van der Waals surface area contributed by atoms with Gasteiger partial charge in [0.05, 0.1) is 23.6 Å². The maximum absolute atomic E-state index is 12.0. The molecule has 0 aliphatic carbocycles. The minimum absolute atomic E-state index is 0.255. The molecule has 0 atom stereocenters. The van der Waals surface area contributed by atoms with Crippen molar-refractivity contribution in [2.45, 2.75) is 0 Å². The normalized spacial score (nSPS) is 10.8. The van der Waals surface area contributed by atoms with Crippen LogP contribution in [-0.4, -0.2) is 25.9 Å². The Morgan fingerprint density at radius 1 is 1.42 bits per heavy atom. The molecule has 0 spiro atoms. The van der Waals surface area contributed by atoms with Crippen LogP contribution in [0.15, 0.2) is 30.6 Å². The van der Waals surface area contributed by atoms with Crippen molar-refractivity contribution in [3.63, 3.8) is 0 Å². The smallest absolute Gasteiger partial charge is 0.275 e. The minimum atomic E-state index is -0.323. The van der Waals surface area contributed by atoms with E-state index in [4.69, 9.17) is 5.73 Å². The molecule has 0 unspecified atom stereocenters. The van der Waals surface area contributed by atoms with Gasteiger partial charge >= 0.3 is 0 Å². The number of aromatic nitrogens is 4. The molecule has 1 aromatic carbocycles. The number of carbonyl (C=O) groups is 1. The van der Waals surface area contributed by atoms with Crippen molar-refractivity contribution in [1.29, 1.82) is 0 Å². The first-order chi connectivity index (χ1) is 9.15. The summed E-state index contributed by atoms with van der Waals surface area (Å²) in [4.78, 5) is 12.0. The van der Waals surface area contributed by atoms with Gasteiger partial charge < -0.3 is 11.1 Å². The number of carbonyl (C=O) groups excluding carboxylic acids is 1. The molecular formula is C12H12N6O. The molecule has 0 saturated carbocycles. The fourth-order valence-corrected chi connectivity index (χ4v) is 1.89. The van der Waals surface area contributed by atoms with E-state index in [1.165, 1.54) is 6.20 Å². The fourth-order valence-electron chi connectivity index (χ4n) is 1.89. The molecule has 96 valence electrons. The van der Waals surface area contributed by atoms with Crippen LogP contribution in [0, 0.1) is 0 Å². The van der Waals surface area contributed by atoms with Crippen LogP contribution in [0.3, 0.4) is 0 Å². The Morgan fingerprint density at radius 2 is 2.26 bits per heavy atom. The Labute approximate surface area is 108 Å². The van der Waals surface area contributed by atoms with Crippen LogP contribution in [0.5, 0.6) is 0 Å². The van der Waals surface area contributed by atoms with E-state index < -0.39 is 0 Å². The van der Waals surface area contributed by atoms with Crippen molar-refractivity contribution in [1.82, 2.24) is 20.0 Å². The molecule has 4 N–H and O–H groups in total. The second-order valence-corrected chi connectivity index (χ2v) is 4.20. The molecule has 0 aliphatic rings. The van der Waals surface area contributed by atoms with Gasteiger partial charge in [0.1, 0.15) is 5.69 Å². The number of nitrogens with one attached hydrogen (secondary N) is 2. The zero-order valence-corrected chi connectivity index (χ0v) is 10.2. The zero-order chi connectivity index (χ0) is 13.4. The molecule has 3 aromatic rings. The summed E-state index contributed by atoms with van der Waals surface area (Å²) in [6.07, 6.45) is 3.17. The van der Waals surface area contributed by atoms with Crippen molar-refractivity contribution in [2.75, 3.05) is 11.1 Å². The van der Waals surface area contributed by atoms with Crippen LogP contribution in [0.1, 0.15) is 10.5 Å². The highest BCUT2D eigenvalue weighted by Gasteiger charge is 2.12. The lowest BCUT2D eigenvalue weighted by Gasteiger charge is -2.05. The maximum atomic E-state index is 12.0. The van der Waals surface area contributed by atoms with E-state index in [1.54, 1.807) is 10.9 Å². The topological polar surface area (TPSA) is 102 Å². The summed E-state index contributed by atoms with van der Waals surface area (Å²) < 4.78 is 1.75. The highest BCUT2D eigenvalue weighted by Crippen LogP contribution is 2.19. The van der Waals surface area contributed by atoms with Crippen molar-refractivity contribution < 1.29 is 4.79 Å². The molecule has 0 radical (unpaired) electrons. The van der Waals surface area contributed by atoms with Crippen molar-refractivity contribution in [3.05, 3.63) is 36.3 Å². The lowest BCUT2D eigenvalue weighted by Crippen LogP contribution is -2.14. The summed E-state index contributed by atoms with van der Waals surface area (Å²) >= 11 is 0. The number of hydrogen-bond donors (Lipinski definition) is 3. The SMILES string of the molecule is Cn1ncc2ccc(NC(=O)c3[nH]ncc3N)cc21. The van der Waals surface area contributed by atoms with Crippen LogP contribution in [0.4, 0.5) is 11.4 Å². The Bertz CT molecular complexity index is 757. The average molecular weight is 256 g/mol. The minimum Gasteiger partial charge on any atom is -0.396 e. The first kappa shape index (κ1) is 11.3. The van der Waals surface area contributed by atoms with E-state index in [-0.39, 0.29) is 11.6 Å². The largest absolute Gasteiger partial charge is 0.396 e. The number of nitrogens with two attached hydrogens (primary N) is 1. The monoisotopic (exact) mass is 256 g/mol. The number of fused-ring (bicyclic) bond motifs is 1. The number of amides is 1. The molecule has 3 rings (SSSR count). The highest BCUT2D eigenvalue weighted by atomic mass is 16.2. The van der Waals surface area contributed by atoms with E-state index >= 15 is 0 Å². The van der Waals surface area contributed by atoms with Gasteiger partial charge in [0.15, 0.2) is 0 Å². The molecule has 7 nitrogen and oxygen atoms in total. The summed E-state index contributed by atoms with van der Waals surface area (Å²) in [6.45, 7) is 0. The second-order valence-electron chi connectivity index (χ2n) is 4.20. The summed E-state index contributed by atoms with van der Waals surface area (Å²) in [7, 11) is 1.85. The second kappa shape index (κ2) is 4.13. The van der Waals surface area contributed by atoms with Gasteiger partial charge in [-0.15, -0.1) is 0 Å². The van der Waals surface area contributed by atoms with E-state index in [1.807, 2.05) is 25.2 Å². The lowest BCUT2D eigenvalue weighted by atomic mass is 10.2. The number of anilines is 2. The predicted octanol–water partition coefficient (Wildman–Crippen LogP) is 1.13.